The Morgan fingerprint density at radius 2 is 2.03 bits per heavy atom. The molecule has 3 heterocycles. The van der Waals surface area contributed by atoms with Crippen LogP contribution in [0.25, 0.3) is 15.9 Å². The second-order valence-corrected chi connectivity index (χ2v) is 10.1. The van der Waals surface area contributed by atoms with Crippen molar-refractivity contribution < 1.29 is 4.74 Å². The number of methoxy groups -OCH3 is 1. The van der Waals surface area contributed by atoms with E-state index in [1.54, 1.807) is 34.8 Å². The highest BCUT2D eigenvalue weighted by Crippen LogP contribution is 2.35. The number of hydrogen-bond donors (Lipinski definition) is 0. The summed E-state index contributed by atoms with van der Waals surface area (Å²) in [6.07, 6.45) is 3.14. The molecule has 0 fully saturated rings. The summed E-state index contributed by atoms with van der Waals surface area (Å²) in [5.41, 5.74) is 2.10. The first-order valence-corrected chi connectivity index (χ1v) is 12.4. The third-order valence-electron chi connectivity index (χ3n) is 5.66. The third-order valence-corrected chi connectivity index (χ3v) is 7.80. The average Bonchev–Trinajstić information content (AvgIpc) is 3.12. The fraction of sp³-hybridized carbons (Fsp3) is 0.478. The van der Waals surface area contributed by atoms with Crippen LogP contribution in [0.3, 0.4) is 0 Å². The van der Waals surface area contributed by atoms with E-state index in [0.717, 1.165) is 64.9 Å². The Bertz CT molecular complexity index is 1090. The van der Waals surface area contributed by atoms with E-state index in [4.69, 9.17) is 9.72 Å². The quantitative estimate of drug-likeness (QED) is 0.288. The van der Waals surface area contributed by atoms with Gasteiger partial charge < -0.3 is 4.74 Å². The number of nitrogens with zero attached hydrogens (tertiary/aromatic N) is 3. The van der Waals surface area contributed by atoms with E-state index in [9.17, 15) is 4.79 Å². The topological polar surface area (TPSA) is 47.4 Å². The highest BCUT2D eigenvalue weighted by atomic mass is 32.2. The van der Waals surface area contributed by atoms with Crippen molar-refractivity contribution in [1.82, 2.24) is 14.5 Å². The molecule has 3 aromatic rings. The van der Waals surface area contributed by atoms with E-state index in [2.05, 4.69) is 25.7 Å². The predicted molar refractivity (Wildman–Crippen MR) is 127 cm³/mol. The second-order valence-electron chi connectivity index (χ2n) is 7.93. The van der Waals surface area contributed by atoms with Gasteiger partial charge in [0.15, 0.2) is 5.16 Å². The van der Waals surface area contributed by atoms with Crippen LogP contribution < -0.4 is 10.3 Å². The van der Waals surface area contributed by atoms with Crippen molar-refractivity contribution in [2.24, 2.45) is 0 Å². The van der Waals surface area contributed by atoms with E-state index >= 15 is 0 Å². The van der Waals surface area contributed by atoms with Gasteiger partial charge in [0.25, 0.3) is 5.56 Å². The van der Waals surface area contributed by atoms with Crippen LogP contribution in [0.2, 0.25) is 0 Å². The van der Waals surface area contributed by atoms with E-state index in [-0.39, 0.29) is 5.56 Å². The van der Waals surface area contributed by atoms with Gasteiger partial charge in [0.2, 0.25) is 0 Å². The minimum Gasteiger partial charge on any atom is -0.497 e. The largest absolute Gasteiger partial charge is 0.497 e. The molecule has 0 saturated carbocycles. The Labute approximate surface area is 186 Å². The summed E-state index contributed by atoms with van der Waals surface area (Å²) in [6.45, 7) is 8.55. The van der Waals surface area contributed by atoms with E-state index < -0.39 is 0 Å². The van der Waals surface area contributed by atoms with Crippen LogP contribution in [-0.2, 0) is 13.0 Å². The Morgan fingerprint density at radius 1 is 1.27 bits per heavy atom. The van der Waals surface area contributed by atoms with Crippen molar-refractivity contribution in [3.05, 3.63) is 45.1 Å². The Morgan fingerprint density at radius 3 is 2.70 bits per heavy atom. The smallest absolute Gasteiger partial charge is 0.267 e. The zero-order chi connectivity index (χ0) is 21.3. The lowest BCUT2D eigenvalue weighted by molar-refractivity contribution is 0.206. The molecule has 0 bridgehead atoms. The summed E-state index contributed by atoms with van der Waals surface area (Å²) in [5.74, 6) is 1.74. The molecule has 1 aromatic carbocycles. The molecule has 0 radical (unpaired) electrons. The molecule has 0 unspecified atom stereocenters. The van der Waals surface area contributed by atoms with Crippen LogP contribution in [0, 0.1) is 0 Å². The van der Waals surface area contributed by atoms with Crippen LogP contribution in [0.1, 0.15) is 44.1 Å². The van der Waals surface area contributed by atoms with Gasteiger partial charge in [-0.3, -0.25) is 14.3 Å². The molecule has 7 heteroatoms. The van der Waals surface area contributed by atoms with Crippen molar-refractivity contribution in [2.75, 3.05) is 19.4 Å². The molecular formula is C23H29N3O2S2. The van der Waals surface area contributed by atoms with Gasteiger partial charge in [-0.1, -0.05) is 25.1 Å². The maximum absolute atomic E-state index is 13.8. The molecule has 5 nitrogen and oxygen atoms in total. The molecule has 2 aromatic heterocycles. The number of unbranched alkanes of at least 4 members (excludes halogenated alkanes) is 1. The van der Waals surface area contributed by atoms with Crippen LogP contribution in [0.4, 0.5) is 0 Å². The average molecular weight is 444 g/mol. The van der Waals surface area contributed by atoms with Gasteiger partial charge >= 0.3 is 0 Å². The number of aromatic nitrogens is 2. The lowest BCUT2D eigenvalue weighted by Crippen LogP contribution is -2.35. The molecule has 1 aliphatic rings. The molecule has 0 N–H and O–H groups in total. The second kappa shape index (κ2) is 9.12. The SMILES string of the molecule is CCCCSc1nc2sc3c(c2c(=O)n1-c1ccc(OC)cc1)CCN(C(C)C)C3. The highest BCUT2D eigenvalue weighted by molar-refractivity contribution is 7.99. The van der Waals surface area contributed by atoms with Crippen molar-refractivity contribution in [3.63, 3.8) is 0 Å². The molecule has 0 spiro atoms. The summed E-state index contributed by atoms with van der Waals surface area (Å²) in [6, 6.07) is 8.19. The van der Waals surface area contributed by atoms with E-state index in [1.807, 2.05) is 24.3 Å². The summed E-state index contributed by atoms with van der Waals surface area (Å²) >= 11 is 3.37. The van der Waals surface area contributed by atoms with Gasteiger partial charge in [0.05, 0.1) is 18.2 Å². The monoisotopic (exact) mass is 443 g/mol. The van der Waals surface area contributed by atoms with Crippen molar-refractivity contribution >= 4 is 33.3 Å². The van der Waals surface area contributed by atoms with Crippen molar-refractivity contribution in [3.8, 4) is 11.4 Å². The summed E-state index contributed by atoms with van der Waals surface area (Å²) in [4.78, 5) is 23.4. The van der Waals surface area contributed by atoms with Gasteiger partial charge in [-0.05, 0) is 56.5 Å². The zero-order valence-electron chi connectivity index (χ0n) is 18.1. The number of ether oxygens (including phenoxy) is 1. The molecular weight excluding hydrogens is 414 g/mol. The molecule has 0 atom stereocenters. The number of thioether (sulfide) groups is 1. The Kier molecular flexibility index (Phi) is 6.51. The number of fused-ring (bicyclic) bond motifs is 3. The van der Waals surface area contributed by atoms with Crippen molar-refractivity contribution in [1.29, 1.82) is 0 Å². The third kappa shape index (κ3) is 4.03. The van der Waals surface area contributed by atoms with Gasteiger partial charge in [0, 0.05) is 29.8 Å². The zero-order valence-corrected chi connectivity index (χ0v) is 19.7. The van der Waals surface area contributed by atoms with Gasteiger partial charge in [-0.2, -0.15) is 0 Å². The summed E-state index contributed by atoms with van der Waals surface area (Å²) < 4.78 is 7.09. The first kappa shape index (κ1) is 21.4. The van der Waals surface area contributed by atoms with Crippen LogP contribution in [0.15, 0.2) is 34.2 Å². The molecule has 4 rings (SSSR count). The number of rotatable bonds is 7. The highest BCUT2D eigenvalue weighted by Gasteiger charge is 2.26. The lowest BCUT2D eigenvalue weighted by atomic mass is 10.0. The summed E-state index contributed by atoms with van der Waals surface area (Å²) in [7, 11) is 1.65. The fourth-order valence-electron chi connectivity index (χ4n) is 3.85. The lowest BCUT2D eigenvalue weighted by Gasteiger charge is -2.30. The molecule has 160 valence electrons. The summed E-state index contributed by atoms with van der Waals surface area (Å²) in [5, 5.41) is 1.60. The van der Waals surface area contributed by atoms with Crippen molar-refractivity contribution in [2.45, 2.75) is 57.8 Å². The first-order chi connectivity index (χ1) is 14.5. The molecule has 1 aliphatic heterocycles. The maximum Gasteiger partial charge on any atom is 0.267 e. The van der Waals surface area contributed by atoms with Crippen LogP contribution >= 0.6 is 23.1 Å². The minimum atomic E-state index is 0.0552. The van der Waals surface area contributed by atoms with Crippen LogP contribution in [0.5, 0.6) is 5.75 Å². The number of thiophene rings is 1. The number of benzene rings is 1. The Balaban J connectivity index is 1.86. The predicted octanol–water partition coefficient (Wildman–Crippen LogP) is 5.11. The maximum atomic E-state index is 13.8. The fourth-order valence-corrected chi connectivity index (χ4v) is 6.23. The standard InChI is InChI=1S/C23H29N3O2S2/c1-5-6-13-29-23-24-21-20(18-11-12-25(15(2)3)14-19(18)30-21)22(27)26(23)16-7-9-17(28-4)10-8-16/h7-10,15H,5-6,11-14H2,1-4H3. The van der Waals surface area contributed by atoms with E-state index in [0.29, 0.717) is 6.04 Å². The number of hydrogen-bond acceptors (Lipinski definition) is 6. The molecule has 0 aliphatic carbocycles. The minimum absolute atomic E-state index is 0.0552. The van der Waals surface area contributed by atoms with Gasteiger partial charge in [0.1, 0.15) is 10.6 Å². The molecule has 30 heavy (non-hydrogen) atoms. The molecule has 0 amide bonds. The van der Waals surface area contributed by atoms with Gasteiger partial charge in [-0.25, -0.2) is 4.98 Å². The van der Waals surface area contributed by atoms with Crippen LogP contribution in [-0.4, -0.2) is 39.9 Å². The Hall–Kier alpha value is -1.83. The first-order valence-electron chi connectivity index (χ1n) is 10.6. The molecule has 0 saturated heterocycles. The van der Waals surface area contributed by atoms with Gasteiger partial charge in [-0.15, -0.1) is 11.3 Å². The normalized spacial score (nSPS) is 14.4. The van der Waals surface area contributed by atoms with E-state index in [1.165, 1.54) is 10.4 Å².